The first-order valence-corrected chi connectivity index (χ1v) is 4.01. The monoisotopic (exact) mass is 269 g/mol. The summed E-state index contributed by atoms with van der Waals surface area (Å²) in [6.07, 6.45) is 0.181. The number of aliphatic carboxylic acids is 2. The van der Waals surface area contributed by atoms with Crippen LogP contribution in [0.15, 0.2) is 0 Å². The van der Waals surface area contributed by atoms with Crippen LogP contribution in [-0.2, 0) is 9.59 Å². The molecule has 0 radical (unpaired) electrons. The quantitative estimate of drug-likeness (QED) is 0.499. The van der Waals surface area contributed by atoms with Crippen LogP contribution in [0.2, 0.25) is 0 Å². The molecule has 10 heteroatoms. The number of carbonyl (C=O) groups excluding carboxylic acids is 1. The van der Waals surface area contributed by atoms with Crippen LogP contribution < -0.4 is 10.8 Å². The maximum atomic E-state index is 11.5. The Kier molecular flexibility index (Phi) is 7.01. The molecule has 0 aliphatic rings. The van der Waals surface area contributed by atoms with Crippen molar-refractivity contribution in [1.82, 2.24) is 0 Å². The molecule has 0 unspecified atom stereocenters. The van der Waals surface area contributed by atoms with Crippen molar-refractivity contribution in [3.63, 3.8) is 0 Å². The van der Waals surface area contributed by atoms with Gasteiger partial charge in [-0.3, -0.25) is 4.79 Å². The van der Waals surface area contributed by atoms with Gasteiger partial charge in [0.05, 0.1) is 13.0 Å². The molecule has 16 heavy (non-hydrogen) atoms. The fraction of sp³-hybridized carbons (Fsp3) is 0.667. The van der Waals surface area contributed by atoms with Crippen LogP contribution in [0.4, 0.5) is 17.6 Å². The van der Waals surface area contributed by atoms with Crippen LogP contribution in [0.25, 0.3) is 0 Å². The van der Waals surface area contributed by atoms with Gasteiger partial charge in [-0.05, 0) is 11.6 Å². The van der Waals surface area contributed by atoms with E-state index in [2.05, 4.69) is 17.3 Å². The van der Waals surface area contributed by atoms with Crippen molar-refractivity contribution in [3.8, 4) is 0 Å². The second kappa shape index (κ2) is 6.48. The molecular formula is C6H8ClF4NO4. The Hall–Kier alpha value is -1.09. The number of hydrogen-bond donors (Lipinski definition) is 2. The molecule has 0 fully saturated rings. The van der Waals surface area contributed by atoms with Gasteiger partial charge in [0.1, 0.15) is 5.97 Å². The number of carboxylic acids is 2. The fourth-order valence-corrected chi connectivity index (χ4v) is 0.344. The molecule has 0 saturated heterocycles. The first-order valence-electron chi connectivity index (χ1n) is 3.63. The molecule has 0 atom stereocenters. The van der Waals surface area contributed by atoms with E-state index < -0.39 is 23.2 Å². The van der Waals surface area contributed by atoms with Crippen molar-refractivity contribution in [2.75, 3.05) is 6.54 Å². The molecule has 0 aromatic heterocycles. The molecule has 0 rings (SSSR count). The Morgan fingerprint density at radius 3 is 1.69 bits per heavy atom. The van der Waals surface area contributed by atoms with Gasteiger partial charge < -0.3 is 20.7 Å². The summed E-state index contributed by atoms with van der Waals surface area (Å²) in [7, 11) is 0. The van der Waals surface area contributed by atoms with Crippen LogP contribution in [-0.4, -0.2) is 34.9 Å². The number of carbonyl (C=O) groups is 2. The minimum Gasteiger partial charge on any atom is -0.544 e. The highest BCUT2D eigenvalue weighted by Gasteiger charge is 2.56. The second-order valence-corrected chi connectivity index (χ2v) is 2.83. The van der Waals surface area contributed by atoms with E-state index in [0.29, 0.717) is 6.54 Å². The lowest BCUT2D eigenvalue weighted by molar-refractivity contribution is -0.366. The van der Waals surface area contributed by atoms with Crippen LogP contribution in [0.3, 0.4) is 0 Å². The van der Waals surface area contributed by atoms with Crippen LogP contribution in [0, 0.1) is 0 Å². The summed E-state index contributed by atoms with van der Waals surface area (Å²) in [6.45, 7) is 0.481. The Bertz CT molecular complexity index is 255. The normalized spacial score (nSPS) is 11.4. The number of quaternary nitrogens is 1. The third-order valence-electron chi connectivity index (χ3n) is 1.00. The molecule has 4 N–H and O–H groups in total. The predicted molar refractivity (Wildman–Crippen MR) is 40.8 cm³/mol. The van der Waals surface area contributed by atoms with Crippen molar-refractivity contribution < 1.29 is 43.1 Å². The van der Waals surface area contributed by atoms with E-state index in [-0.39, 0.29) is 6.42 Å². The van der Waals surface area contributed by atoms with Gasteiger partial charge in [-0.2, -0.15) is 17.6 Å². The molecule has 0 saturated carbocycles. The predicted octanol–water partition coefficient (Wildman–Crippen LogP) is -1.09. The van der Waals surface area contributed by atoms with Gasteiger partial charge in [-0.25, -0.2) is 0 Å². The highest BCUT2D eigenvalue weighted by molar-refractivity contribution is 6.23. The van der Waals surface area contributed by atoms with E-state index in [4.69, 9.17) is 5.11 Å². The highest BCUT2D eigenvalue weighted by atomic mass is 35.5. The summed E-state index contributed by atoms with van der Waals surface area (Å²) >= 11 is 3.72. The number of halogens is 5. The summed E-state index contributed by atoms with van der Waals surface area (Å²) in [5, 5.41) is 12.0. The van der Waals surface area contributed by atoms with Gasteiger partial charge >= 0.3 is 17.3 Å². The number of hydrogen-bond acceptors (Lipinski definition) is 3. The summed E-state index contributed by atoms with van der Waals surface area (Å²) in [4.78, 5) is 18.8. The molecule has 96 valence electrons. The second-order valence-electron chi connectivity index (χ2n) is 2.36. The van der Waals surface area contributed by atoms with Gasteiger partial charge in [0, 0.05) is 0 Å². The molecule has 0 amide bonds. The molecule has 0 heterocycles. The minimum absolute atomic E-state index is 0.181. The Morgan fingerprint density at radius 1 is 1.31 bits per heavy atom. The average Bonchev–Trinajstić information content (AvgIpc) is 2.02. The van der Waals surface area contributed by atoms with E-state index in [1.54, 1.807) is 0 Å². The Labute approximate surface area is 91.8 Å². The van der Waals surface area contributed by atoms with E-state index in [9.17, 15) is 32.3 Å². The van der Waals surface area contributed by atoms with Crippen LogP contribution in [0.1, 0.15) is 6.42 Å². The minimum atomic E-state index is -5.32. The van der Waals surface area contributed by atoms with Gasteiger partial charge in [0.25, 0.3) is 0 Å². The topological polar surface area (TPSA) is 105 Å². The summed E-state index contributed by atoms with van der Waals surface area (Å²) < 4.78 is 45.7. The zero-order chi connectivity index (χ0) is 13.6. The largest absolute Gasteiger partial charge is 0.544 e. The standard InChI is InChI=1S/C3HClF4O2.C3H7NO2/c4-3(7,8)2(5,6)1(9)10;4-2-1-3(5)6/h(H,9,10);1-2,4H2,(H,5,6). The van der Waals surface area contributed by atoms with Crippen molar-refractivity contribution in [2.24, 2.45) is 0 Å². The third kappa shape index (κ3) is 6.40. The van der Waals surface area contributed by atoms with Crippen LogP contribution in [0.5, 0.6) is 0 Å². The van der Waals surface area contributed by atoms with E-state index in [0.717, 1.165) is 0 Å². The van der Waals surface area contributed by atoms with E-state index >= 15 is 0 Å². The summed E-state index contributed by atoms with van der Waals surface area (Å²) in [6, 6.07) is 0. The maximum Gasteiger partial charge on any atom is 0.389 e. The molecule has 0 spiro atoms. The smallest absolute Gasteiger partial charge is 0.389 e. The lowest BCUT2D eigenvalue weighted by Gasteiger charge is -2.20. The molecule has 0 aliphatic carbocycles. The van der Waals surface area contributed by atoms with Crippen molar-refractivity contribution in [3.05, 3.63) is 0 Å². The van der Waals surface area contributed by atoms with E-state index in [1.165, 1.54) is 0 Å². The number of rotatable bonds is 4. The van der Waals surface area contributed by atoms with Gasteiger partial charge in [0.2, 0.25) is 0 Å². The van der Waals surface area contributed by atoms with Crippen molar-refractivity contribution in [2.45, 2.75) is 17.7 Å². The van der Waals surface area contributed by atoms with E-state index in [1.807, 2.05) is 0 Å². The third-order valence-corrected chi connectivity index (χ3v) is 1.24. The molecule has 0 aromatic carbocycles. The van der Waals surface area contributed by atoms with Gasteiger partial charge in [0.15, 0.2) is 0 Å². The molecule has 5 nitrogen and oxygen atoms in total. The zero-order valence-electron chi connectivity index (χ0n) is 7.68. The van der Waals surface area contributed by atoms with Gasteiger partial charge in [-0.15, -0.1) is 0 Å². The number of alkyl halides is 5. The lowest BCUT2D eigenvalue weighted by atomic mass is 10.3. The zero-order valence-corrected chi connectivity index (χ0v) is 8.44. The molecule has 0 aromatic rings. The average molecular weight is 270 g/mol. The maximum absolute atomic E-state index is 11.5. The first-order chi connectivity index (χ1) is 6.96. The lowest BCUT2D eigenvalue weighted by Crippen LogP contribution is -2.51. The number of carboxylic acid groups (broad SMARTS) is 2. The highest BCUT2D eigenvalue weighted by Crippen LogP contribution is 2.36. The summed E-state index contributed by atoms with van der Waals surface area (Å²) in [5.74, 6) is -9.30. The summed E-state index contributed by atoms with van der Waals surface area (Å²) in [5.41, 5.74) is 3.34. The molecule has 0 bridgehead atoms. The SMILES string of the molecule is O=C([O-])C(F)(F)C(F)(F)Cl.[NH3+]CCC(=O)O. The first kappa shape index (κ1) is 17.3. The van der Waals surface area contributed by atoms with Crippen molar-refractivity contribution in [1.29, 1.82) is 0 Å². The van der Waals surface area contributed by atoms with Crippen molar-refractivity contribution >= 4 is 23.5 Å². The van der Waals surface area contributed by atoms with Gasteiger partial charge in [-0.1, -0.05) is 0 Å². The van der Waals surface area contributed by atoms with Crippen LogP contribution >= 0.6 is 11.6 Å². The fourth-order valence-electron chi connectivity index (χ4n) is 0.267. The Morgan fingerprint density at radius 2 is 1.69 bits per heavy atom. The molecule has 0 aliphatic heterocycles. The Balaban J connectivity index is 0. The molecular weight excluding hydrogens is 262 g/mol.